The highest BCUT2D eigenvalue weighted by Crippen LogP contribution is 2.29. The standard InChI is InChI=1S/C25H26N2O4/c1-3-31-22-15-14-20(16-23(22)30-2)25(29)27-26-24(28)17-21(18-10-6-4-7-11-18)19-12-8-5-9-13-19/h4-16,21H,3,17H2,1-2H3,(H,26,28)(H,27,29). The third kappa shape index (κ3) is 5.85. The van der Waals surface area contributed by atoms with Crippen LogP contribution in [0.5, 0.6) is 11.5 Å². The molecular formula is C25H26N2O4. The SMILES string of the molecule is CCOc1ccc(C(=O)NNC(=O)CC(c2ccccc2)c2ccccc2)cc1OC. The van der Waals surface area contributed by atoms with Gasteiger partial charge in [0.1, 0.15) is 0 Å². The highest BCUT2D eigenvalue weighted by atomic mass is 16.5. The second kappa shape index (κ2) is 10.8. The van der Waals surface area contributed by atoms with Crippen LogP contribution in [0.2, 0.25) is 0 Å². The number of carbonyl (C=O) groups is 2. The fraction of sp³-hybridized carbons (Fsp3) is 0.200. The molecule has 0 radical (unpaired) electrons. The van der Waals surface area contributed by atoms with Crippen molar-refractivity contribution < 1.29 is 19.1 Å². The molecule has 3 aromatic rings. The van der Waals surface area contributed by atoms with Crippen molar-refractivity contribution >= 4 is 11.8 Å². The summed E-state index contributed by atoms with van der Waals surface area (Å²) in [4.78, 5) is 25.1. The predicted molar refractivity (Wildman–Crippen MR) is 119 cm³/mol. The molecule has 6 nitrogen and oxygen atoms in total. The van der Waals surface area contributed by atoms with Gasteiger partial charge < -0.3 is 9.47 Å². The number of amides is 2. The molecule has 3 aromatic carbocycles. The molecule has 0 fully saturated rings. The first-order valence-corrected chi connectivity index (χ1v) is 10.1. The monoisotopic (exact) mass is 418 g/mol. The first kappa shape index (κ1) is 21.9. The number of carbonyl (C=O) groups excluding carboxylic acids is 2. The quantitative estimate of drug-likeness (QED) is 0.541. The summed E-state index contributed by atoms with van der Waals surface area (Å²) in [6.45, 7) is 2.36. The van der Waals surface area contributed by atoms with Crippen molar-refractivity contribution in [3.05, 3.63) is 95.6 Å². The van der Waals surface area contributed by atoms with E-state index >= 15 is 0 Å². The average molecular weight is 418 g/mol. The lowest BCUT2D eigenvalue weighted by molar-refractivity contribution is -0.122. The van der Waals surface area contributed by atoms with Crippen LogP contribution < -0.4 is 20.3 Å². The van der Waals surface area contributed by atoms with E-state index in [4.69, 9.17) is 9.47 Å². The number of hydrogen-bond donors (Lipinski definition) is 2. The van der Waals surface area contributed by atoms with E-state index in [9.17, 15) is 9.59 Å². The van der Waals surface area contributed by atoms with Crippen molar-refractivity contribution in [2.45, 2.75) is 19.3 Å². The predicted octanol–water partition coefficient (Wildman–Crippen LogP) is 4.08. The Labute approximate surface area is 182 Å². The van der Waals surface area contributed by atoms with Crippen molar-refractivity contribution in [2.24, 2.45) is 0 Å². The van der Waals surface area contributed by atoms with E-state index in [1.807, 2.05) is 67.6 Å². The van der Waals surface area contributed by atoms with Crippen molar-refractivity contribution in [3.8, 4) is 11.5 Å². The third-order valence-corrected chi connectivity index (χ3v) is 4.83. The Morgan fingerprint density at radius 2 is 1.45 bits per heavy atom. The minimum Gasteiger partial charge on any atom is -0.493 e. The maximum Gasteiger partial charge on any atom is 0.269 e. The molecule has 0 heterocycles. The van der Waals surface area contributed by atoms with Crippen LogP contribution in [0.25, 0.3) is 0 Å². The zero-order valence-electron chi connectivity index (χ0n) is 17.6. The van der Waals surface area contributed by atoms with Gasteiger partial charge in [-0.1, -0.05) is 60.7 Å². The summed E-state index contributed by atoms with van der Waals surface area (Å²) >= 11 is 0. The summed E-state index contributed by atoms with van der Waals surface area (Å²) in [5.74, 6) is 0.160. The summed E-state index contributed by atoms with van der Waals surface area (Å²) in [5.41, 5.74) is 7.41. The zero-order valence-corrected chi connectivity index (χ0v) is 17.6. The Kier molecular flexibility index (Phi) is 7.65. The number of rotatable bonds is 8. The molecule has 0 saturated carbocycles. The van der Waals surface area contributed by atoms with Gasteiger partial charge in [-0.05, 0) is 36.2 Å². The van der Waals surface area contributed by atoms with Gasteiger partial charge >= 0.3 is 0 Å². The molecule has 0 spiro atoms. The molecule has 0 aliphatic rings. The van der Waals surface area contributed by atoms with E-state index < -0.39 is 5.91 Å². The van der Waals surface area contributed by atoms with Crippen LogP contribution in [0, 0.1) is 0 Å². The highest BCUT2D eigenvalue weighted by Gasteiger charge is 2.19. The van der Waals surface area contributed by atoms with E-state index in [1.54, 1.807) is 18.2 Å². The molecule has 0 saturated heterocycles. The molecule has 2 N–H and O–H groups in total. The third-order valence-electron chi connectivity index (χ3n) is 4.83. The molecule has 0 aliphatic heterocycles. The Balaban J connectivity index is 1.66. The van der Waals surface area contributed by atoms with E-state index in [2.05, 4.69) is 10.9 Å². The van der Waals surface area contributed by atoms with Crippen LogP contribution in [0.15, 0.2) is 78.9 Å². The van der Waals surface area contributed by atoms with Gasteiger partial charge in [-0.15, -0.1) is 0 Å². The Hall–Kier alpha value is -3.80. The van der Waals surface area contributed by atoms with Gasteiger partial charge in [0, 0.05) is 17.9 Å². The van der Waals surface area contributed by atoms with E-state index in [-0.39, 0.29) is 18.2 Å². The Morgan fingerprint density at radius 1 is 0.839 bits per heavy atom. The van der Waals surface area contributed by atoms with Gasteiger partial charge in [-0.2, -0.15) is 0 Å². The molecule has 0 bridgehead atoms. The topological polar surface area (TPSA) is 76.7 Å². The van der Waals surface area contributed by atoms with Crippen LogP contribution in [-0.2, 0) is 4.79 Å². The molecule has 0 atom stereocenters. The molecule has 3 rings (SSSR count). The molecule has 6 heteroatoms. The Morgan fingerprint density at radius 3 is 2.00 bits per heavy atom. The maximum atomic E-state index is 12.6. The zero-order chi connectivity index (χ0) is 22.1. The maximum absolute atomic E-state index is 12.6. The lowest BCUT2D eigenvalue weighted by Crippen LogP contribution is -2.42. The fourth-order valence-corrected chi connectivity index (χ4v) is 3.32. The average Bonchev–Trinajstić information content (AvgIpc) is 2.82. The van der Waals surface area contributed by atoms with E-state index in [0.29, 0.717) is 23.7 Å². The smallest absolute Gasteiger partial charge is 0.269 e. The molecular weight excluding hydrogens is 392 g/mol. The van der Waals surface area contributed by atoms with Gasteiger partial charge in [-0.25, -0.2) is 0 Å². The van der Waals surface area contributed by atoms with Gasteiger partial charge in [-0.3, -0.25) is 20.4 Å². The number of benzene rings is 3. The second-order valence-electron chi connectivity index (χ2n) is 6.88. The second-order valence-corrected chi connectivity index (χ2v) is 6.88. The summed E-state index contributed by atoms with van der Waals surface area (Å²) in [6, 6.07) is 24.5. The summed E-state index contributed by atoms with van der Waals surface area (Å²) in [6.07, 6.45) is 0.195. The van der Waals surface area contributed by atoms with E-state index in [1.165, 1.54) is 7.11 Å². The van der Waals surface area contributed by atoms with Crippen LogP contribution in [-0.4, -0.2) is 25.5 Å². The van der Waals surface area contributed by atoms with Crippen molar-refractivity contribution in [1.82, 2.24) is 10.9 Å². The van der Waals surface area contributed by atoms with Gasteiger partial charge in [0.05, 0.1) is 13.7 Å². The summed E-state index contributed by atoms with van der Waals surface area (Å²) < 4.78 is 10.7. The van der Waals surface area contributed by atoms with Gasteiger partial charge in [0.25, 0.3) is 5.91 Å². The van der Waals surface area contributed by atoms with Crippen LogP contribution in [0.1, 0.15) is 40.7 Å². The summed E-state index contributed by atoms with van der Waals surface area (Å²) in [5, 5.41) is 0. The molecule has 160 valence electrons. The molecule has 0 aromatic heterocycles. The molecule has 0 aliphatic carbocycles. The Bertz CT molecular complexity index is 967. The first-order valence-electron chi connectivity index (χ1n) is 10.1. The number of ether oxygens (including phenoxy) is 2. The number of nitrogens with one attached hydrogen (secondary N) is 2. The lowest BCUT2D eigenvalue weighted by atomic mass is 9.88. The van der Waals surface area contributed by atoms with Crippen molar-refractivity contribution in [2.75, 3.05) is 13.7 Å². The van der Waals surface area contributed by atoms with E-state index in [0.717, 1.165) is 11.1 Å². The van der Waals surface area contributed by atoms with Gasteiger partial charge in [0.2, 0.25) is 5.91 Å². The largest absolute Gasteiger partial charge is 0.493 e. The number of hydrazine groups is 1. The highest BCUT2D eigenvalue weighted by molar-refractivity contribution is 5.96. The minimum absolute atomic E-state index is 0.120. The first-order chi connectivity index (χ1) is 15.1. The van der Waals surface area contributed by atoms with Gasteiger partial charge in [0.15, 0.2) is 11.5 Å². The van der Waals surface area contributed by atoms with Crippen LogP contribution in [0.3, 0.4) is 0 Å². The van der Waals surface area contributed by atoms with Crippen molar-refractivity contribution in [1.29, 1.82) is 0 Å². The number of hydrogen-bond acceptors (Lipinski definition) is 4. The molecule has 0 unspecified atom stereocenters. The molecule has 2 amide bonds. The molecule has 31 heavy (non-hydrogen) atoms. The van der Waals surface area contributed by atoms with Crippen LogP contribution >= 0.6 is 0 Å². The summed E-state index contributed by atoms with van der Waals surface area (Å²) in [7, 11) is 1.51. The normalized spacial score (nSPS) is 10.4. The lowest BCUT2D eigenvalue weighted by Gasteiger charge is -2.18. The fourth-order valence-electron chi connectivity index (χ4n) is 3.32. The van der Waals surface area contributed by atoms with Crippen LogP contribution in [0.4, 0.5) is 0 Å². The number of methoxy groups -OCH3 is 1. The minimum atomic E-state index is -0.439. The van der Waals surface area contributed by atoms with Crippen molar-refractivity contribution in [3.63, 3.8) is 0 Å².